The Labute approximate surface area is 199 Å². The number of benzene rings is 1. The van der Waals surface area contributed by atoms with Crippen LogP contribution in [0.5, 0.6) is 0 Å². The van der Waals surface area contributed by atoms with Crippen molar-refractivity contribution >= 4 is 27.7 Å². The van der Waals surface area contributed by atoms with Gasteiger partial charge in [-0.25, -0.2) is 13.2 Å². The number of hydrogen-bond acceptors (Lipinski definition) is 6. The Kier molecular flexibility index (Phi) is 10.4. The summed E-state index contributed by atoms with van der Waals surface area (Å²) in [5, 5.41) is 0. The van der Waals surface area contributed by atoms with Gasteiger partial charge in [-0.1, -0.05) is 33.1 Å². The molecular weight excluding hydrogens is 444 g/mol. The van der Waals surface area contributed by atoms with E-state index in [2.05, 4.69) is 18.6 Å². The van der Waals surface area contributed by atoms with Crippen molar-refractivity contribution in [2.75, 3.05) is 49.8 Å². The minimum atomic E-state index is -3.51. The SMILES string of the molecule is CCCCC(C)CCOC(=O)N1CCN(C(=O)c2ccc(NS(=O)(=O)CCN)c(C)c2)CC1.[HH]. The van der Waals surface area contributed by atoms with Crippen molar-refractivity contribution < 1.29 is 24.2 Å². The van der Waals surface area contributed by atoms with Crippen LogP contribution < -0.4 is 10.5 Å². The van der Waals surface area contributed by atoms with Crippen LogP contribution in [0.1, 0.15) is 56.9 Å². The summed E-state index contributed by atoms with van der Waals surface area (Å²) >= 11 is 0. The van der Waals surface area contributed by atoms with Crippen LogP contribution in [-0.4, -0.2) is 75.3 Å². The molecule has 1 aromatic rings. The molecule has 1 atom stereocenters. The van der Waals surface area contributed by atoms with Crippen molar-refractivity contribution in [3.8, 4) is 0 Å². The Bertz CT molecular complexity index is 905. The van der Waals surface area contributed by atoms with Crippen LogP contribution in [-0.2, 0) is 14.8 Å². The molecule has 1 fully saturated rings. The van der Waals surface area contributed by atoms with Gasteiger partial charge < -0.3 is 20.3 Å². The topological polar surface area (TPSA) is 122 Å². The van der Waals surface area contributed by atoms with Crippen LogP contribution in [0.3, 0.4) is 0 Å². The molecule has 1 aromatic carbocycles. The summed E-state index contributed by atoms with van der Waals surface area (Å²) in [5.41, 5.74) is 6.89. The third-order valence-corrected chi connectivity index (χ3v) is 7.14. The summed E-state index contributed by atoms with van der Waals surface area (Å²) in [6.45, 7) is 8.23. The highest BCUT2D eigenvalue weighted by Crippen LogP contribution is 2.20. The number of piperazine rings is 1. The fourth-order valence-corrected chi connectivity index (χ4v) is 4.67. The Hall–Kier alpha value is -2.33. The molecule has 0 radical (unpaired) electrons. The van der Waals surface area contributed by atoms with Crippen molar-refractivity contribution in [3.05, 3.63) is 29.3 Å². The van der Waals surface area contributed by atoms with E-state index in [1.807, 2.05) is 0 Å². The number of anilines is 1. The number of unbranched alkanes of at least 4 members (excludes halogenated alkanes) is 1. The van der Waals surface area contributed by atoms with Crippen molar-refractivity contribution in [2.24, 2.45) is 11.7 Å². The first kappa shape index (κ1) is 26.9. The maximum atomic E-state index is 12.9. The molecule has 1 saturated heterocycles. The summed E-state index contributed by atoms with van der Waals surface area (Å²) in [4.78, 5) is 28.6. The Morgan fingerprint density at radius 3 is 2.45 bits per heavy atom. The zero-order chi connectivity index (χ0) is 24.4. The first-order chi connectivity index (χ1) is 15.7. The fraction of sp³-hybridized carbons (Fsp3) is 0.652. The van der Waals surface area contributed by atoms with Crippen LogP contribution in [0, 0.1) is 12.8 Å². The molecule has 0 bridgehead atoms. The lowest BCUT2D eigenvalue weighted by Gasteiger charge is -2.34. The molecule has 1 aliphatic rings. The van der Waals surface area contributed by atoms with Crippen molar-refractivity contribution in [1.29, 1.82) is 0 Å². The lowest BCUT2D eigenvalue weighted by molar-refractivity contribution is 0.0549. The number of carbonyl (C=O) groups excluding carboxylic acids is 2. The van der Waals surface area contributed by atoms with Crippen molar-refractivity contribution in [1.82, 2.24) is 9.80 Å². The summed E-state index contributed by atoms with van der Waals surface area (Å²) in [7, 11) is -3.51. The quantitative estimate of drug-likeness (QED) is 0.498. The van der Waals surface area contributed by atoms with Crippen LogP contribution in [0.2, 0.25) is 0 Å². The Morgan fingerprint density at radius 1 is 1.18 bits per heavy atom. The number of nitrogens with zero attached hydrogens (tertiary/aromatic N) is 2. The number of sulfonamides is 1. The van der Waals surface area contributed by atoms with Crippen LogP contribution in [0.25, 0.3) is 0 Å². The Balaban J connectivity index is 0.00000578. The standard InChI is InChI=1S/C23H38N4O5S.H2/c1-4-5-6-18(2)9-15-32-23(29)27-13-11-26(12-14-27)22(28)20-7-8-21(19(3)17-20)25-33(30,31)16-10-24;/h7-8,17-18,25H,4-6,9-16,24H2,1-3H3;1H. The van der Waals surface area contributed by atoms with Gasteiger partial charge in [0.1, 0.15) is 0 Å². The highest BCUT2D eigenvalue weighted by Gasteiger charge is 2.26. The van der Waals surface area contributed by atoms with Gasteiger partial charge >= 0.3 is 6.09 Å². The number of carbonyl (C=O) groups is 2. The maximum absolute atomic E-state index is 12.9. The molecule has 9 nitrogen and oxygen atoms in total. The molecule has 2 amide bonds. The Morgan fingerprint density at radius 2 is 1.85 bits per heavy atom. The number of rotatable bonds is 11. The molecule has 0 aliphatic carbocycles. The average molecular weight is 485 g/mol. The summed E-state index contributed by atoms with van der Waals surface area (Å²) in [6, 6.07) is 4.87. The third kappa shape index (κ3) is 8.51. The first-order valence-electron chi connectivity index (χ1n) is 11.7. The second kappa shape index (κ2) is 12.8. The number of nitrogens with one attached hydrogen (secondary N) is 1. The van der Waals surface area contributed by atoms with Gasteiger partial charge in [-0.3, -0.25) is 9.52 Å². The largest absolute Gasteiger partial charge is 0.449 e. The number of hydrogen-bond donors (Lipinski definition) is 2. The van der Waals surface area contributed by atoms with E-state index in [0.717, 1.165) is 12.8 Å². The molecule has 10 heteroatoms. The van der Waals surface area contributed by atoms with E-state index in [9.17, 15) is 18.0 Å². The predicted molar refractivity (Wildman–Crippen MR) is 132 cm³/mol. The van der Waals surface area contributed by atoms with Gasteiger partial charge in [0, 0.05) is 39.7 Å². The second-order valence-electron chi connectivity index (χ2n) is 8.67. The fourth-order valence-electron chi connectivity index (χ4n) is 3.70. The highest BCUT2D eigenvalue weighted by atomic mass is 32.2. The number of nitrogens with two attached hydrogens (primary N) is 1. The van der Waals surface area contributed by atoms with Gasteiger partial charge in [0.05, 0.1) is 18.0 Å². The summed E-state index contributed by atoms with van der Waals surface area (Å²) in [5.74, 6) is 0.225. The minimum absolute atomic E-state index is 0. The molecule has 0 spiro atoms. The van der Waals surface area contributed by atoms with E-state index in [1.54, 1.807) is 34.9 Å². The lowest BCUT2D eigenvalue weighted by atomic mass is 10.0. The zero-order valence-electron chi connectivity index (χ0n) is 20.0. The van der Waals surface area contributed by atoms with E-state index in [1.165, 1.54) is 12.8 Å². The van der Waals surface area contributed by atoms with Crippen molar-refractivity contribution in [2.45, 2.75) is 46.5 Å². The van der Waals surface area contributed by atoms with Gasteiger partial charge in [-0.05, 0) is 43.0 Å². The second-order valence-corrected chi connectivity index (χ2v) is 10.5. The normalized spacial score (nSPS) is 15.3. The summed E-state index contributed by atoms with van der Waals surface area (Å²) in [6.07, 6.45) is 4.05. The zero-order valence-corrected chi connectivity index (χ0v) is 20.8. The van der Waals surface area contributed by atoms with Crippen LogP contribution in [0.4, 0.5) is 10.5 Å². The smallest absolute Gasteiger partial charge is 0.409 e. The molecule has 1 unspecified atom stereocenters. The number of ether oxygens (including phenoxy) is 1. The average Bonchev–Trinajstić information content (AvgIpc) is 2.78. The summed E-state index contributed by atoms with van der Waals surface area (Å²) < 4.78 is 31.8. The van der Waals surface area contributed by atoms with E-state index >= 15 is 0 Å². The maximum Gasteiger partial charge on any atom is 0.409 e. The van der Waals surface area contributed by atoms with Gasteiger partial charge in [0.25, 0.3) is 5.91 Å². The number of aryl methyl sites for hydroxylation is 1. The first-order valence-corrected chi connectivity index (χ1v) is 13.3. The van der Waals surface area contributed by atoms with Gasteiger partial charge in [0.2, 0.25) is 10.0 Å². The number of amides is 2. The van der Waals surface area contributed by atoms with Gasteiger partial charge in [-0.15, -0.1) is 0 Å². The molecule has 3 N–H and O–H groups in total. The van der Waals surface area contributed by atoms with Gasteiger partial charge in [-0.2, -0.15) is 0 Å². The van der Waals surface area contributed by atoms with E-state index < -0.39 is 10.0 Å². The molecule has 2 rings (SSSR count). The van der Waals surface area contributed by atoms with E-state index in [4.69, 9.17) is 10.5 Å². The molecule has 0 aromatic heterocycles. The van der Waals surface area contributed by atoms with Crippen LogP contribution >= 0.6 is 0 Å². The highest BCUT2D eigenvalue weighted by molar-refractivity contribution is 7.92. The lowest BCUT2D eigenvalue weighted by Crippen LogP contribution is -2.50. The van der Waals surface area contributed by atoms with E-state index in [-0.39, 0.29) is 25.7 Å². The minimum Gasteiger partial charge on any atom is -0.449 e. The van der Waals surface area contributed by atoms with E-state index in [0.29, 0.717) is 55.5 Å². The molecular formula is C23H40N4O5S. The monoisotopic (exact) mass is 484 g/mol. The molecule has 33 heavy (non-hydrogen) atoms. The van der Waals surface area contributed by atoms with Gasteiger partial charge in [0.15, 0.2) is 0 Å². The predicted octanol–water partition coefficient (Wildman–Crippen LogP) is 3.05. The molecule has 1 heterocycles. The van der Waals surface area contributed by atoms with Crippen LogP contribution in [0.15, 0.2) is 18.2 Å². The van der Waals surface area contributed by atoms with Crippen molar-refractivity contribution in [3.63, 3.8) is 0 Å². The molecule has 1 aliphatic heterocycles. The third-order valence-electron chi connectivity index (χ3n) is 5.84. The molecule has 0 saturated carbocycles. The molecule has 188 valence electrons.